The fourth-order valence-corrected chi connectivity index (χ4v) is 3.24. The molecule has 1 aliphatic heterocycles. The van der Waals surface area contributed by atoms with Gasteiger partial charge in [-0.2, -0.15) is 0 Å². The van der Waals surface area contributed by atoms with Gasteiger partial charge in [0.05, 0.1) is 15.7 Å². The van der Waals surface area contributed by atoms with Crippen LogP contribution in [0.3, 0.4) is 0 Å². The number of fused-ring (bicyclic) bond motifs is 1. The quantitative estimate of drug-likeness (QED) is 0.539. The van der Waals surface area contributed by atoms with Crippen LogP contribution in [-0.2, 0) is 16.2 Å². The standard InChI is InChI=1S/C21H14Cl2N2O2/c22-17-11-10-14(12-18(17)23)13-27-24-20-16-8-4-5-9-19(16)25(21(20)26)15-6-2-1-3-7-15/h1-12H,13H2/b24-20-. The summed E-state index contributed by atoms with van der Waals surface area (Å²) < 4.78 is 0. The number of benzene rings is 3. The molecular weight excluding hydrogens is 383 g/mol. The lowest BCUT2D eigenvalue weighted by atomic mass is 10.1. The second-order valence-electron chi connectivity index (χ2n) is 5.96. The second kappa shape index (κ2) is 7.43. The van der Waals surface area contributed by atoms with Gasteiger partial charge in [0, 0.05) is 11.3 Å². The second-order valence-corrected chi connectivity index (χ2v) is 6.77. The van der Waals surface area contributed by atoms with Gasteiger partial charge in [-0.05, 0) is 35.9 Å². The lowest BCUT2D eigenvalue weighted by Gasteiger charge is -2.16. The first-order chi connectivity index (χ1) is 13.1. The van der Waals surface area contributed by atoms with Crippen molar-refractivity contribution >= 4 is 46.2 Å². The summed E-state index contributed by atoms with van der Waals surface area (Å²) in [5, 5.41) is 5.04. The zero-order chi connectivity index (χ0) is 18.8. The zero-order valence-electron chi connectivity index (χ0n) is 14.1. The molecule has 0 unspecified atom stereocenters. The molecule has 3 aromatic rings. The van der Waals surface area contributed by atoms with Crippen LogP contribution >= 0.6 is 23.2 Å². The maximum absolute atomic E-state index is 13.0. The highest BCUT2D eigenvalue weighted by Gasteiger charge is 2.35. The molecule has 0 saturated heterocycles. The third-order valence-electron chi connectivity index (χ3n) is 4.19. The molecule has 1 aliphatic rings. The fraction of sp³-hybridized carbons (Fsp3) is 0.0476. The first-order valence-electron chi connectivity index (χ1n) is 8.28. The average Bonchev–Trinajstić information content (AvgIpc) is 2.97. The van der Waals surface area contributed by atoms with Gasteiger partial charge in [0.25, 0.3) is 5.91 Å². The van der Waals surface area contributed by atoms with E-state index in [0.29, 0.717) is 10.0 Å². The van der Waals surface area contributed by atoms with Crippen molar-refractivity contribution in [3.8, 4) is 0 Å². The summed E-state index contributed by atoms with van der Waals surface area (Å²) in [5.41, 5.74) is 3.39. The van der Waals surface area contributed by atoms with Crippen molar-refractivity contribution in [1.29, 1.82) is 0 Å². The minimum Gasteiger partial charge on any atom is -0.390 e. The number of halogens is 2. The number of para-hydroxylation sites is 2. The van der Waals surface area contributed by atoms with E-state index < -0.39 is 0 Å². The third-order valence-corrected chi connectivity index (χ3v) is 4.93. The summed E-state index contributed by atoms with van der Waals surface area (Å²) >= 11 is 11.9. The third kappa shape index (κ3) is 3.42. The minimum absolute atomic E-state index is 0.182. The van der Waals surface area contributed by atoms with E-state index in [0.717, 1.165) is 22.5 Å². The van der Waals surface area contributed by atoms with Gasteiger partial charge in [-0.3, -0.25) is 9.69 Å². The number of hydrogen-bond donors (Lipinski definition) is 0. The predicted molar refractivity (Wildman–Crippen MR) is 108 cm³/mol. The summed E-state index contributed by atoms with van der Waals surface area (Å²) in [5.74, 6) is -0.225. The highest BCUT2D eigenvalue weighted by Crippen LogP contribution is 2.35. The Balaban J connectivity index is 1.62. The first-order valence-corrected chi connectivity index (χ1v) is 9.03. The van der Waals surface area contributed by atoms with Crippen LogP contribution < -0.4 is 4.90 Å². The van der Waals surface area contributed by atoms with Gasteiger partial charge in [-0.15, -0.1) is 0 Å². The predicted octanol–water partition coefficient (Wildman–Crippen LogP) is 5.59. The van der Waals surface area contributed by atoms with E-state index in [9.17, 15) is 4.79 Å². The van der Waals surface area contributed by atoms with Crippen molar-refractivity contribution in [2.45, 2.75) is 6.61 Å². The van der Waals surface area contributed by atoms with Crippen LogP contribution in [0.25, 0.3) is 0 Å². The molecule has 4 nitrogen and oxygen atoms in total. The Morgan fingerprint density at radius 2 is 1.63 bits per heavy atom. The van der Waals surface area contributed by atoms with Crippen molar-refractivity contribution in [3.63, 3.8) is 0 Å². The minimum atomic E-state index is -0.225. The summed E-state index contributed by atoms with van der Waals surface area (Å²) in [7, 11) is 0. The summed E-state index contributed by atoms with van der Waals surface area (Å²) in [6, 6.07) is 22.2. The number of carbonyl (C=O) groups excluding carboxylic acids is 1. The van der Waals surface area contributed by atoms with Gasteiger partial charge >= 0.3 is 0 Å². The van der Waals surface area contributed by atoms with Crippen LogP contribution in [0.4, 0.5) is 11.4 Å². The molecular formula is C21H14Cl2N2O2. The number of hydrogen-bond acceptors (Lipinski definition) is 3. The Labute approximate surface area is 166 Å². The molecule has 0 bridgehead atoms. The lowest BCUT2D eigenvalue weighted by Crippen LogP contribution is -2.25. The zero-order valence-corrected chi connectivity index (χ0v) is 15.6. The molecule has 27 heavy (non-hydrogen) atoms. The Morgan fingerprint density at radius 1 is 0.889 bits per heavy atom. The molecule has 1 amide bonds. The first kappa shape index (κ1) is 17.6. The van der Waals surface area contributed by atoms with Crippen LogP contribution in [0.1, 0.15) is 11.1 Å². The Hall–Kier alpha value is -2.82. The van der Waals surface area contributed by atoms with E-state index in [-0.39, 0.29) is 18.2 Å². The molecule has 0 saturated carbocycles. The summed E-state index contributed by atoms with van der Waals surface area (Å²) in [6.07, 6.45) is 0. The maximum Gasteiger partial charge on any atom is 0.285 e. The molecule has 4 rings (SSSR count). The number of anilines is 2. The number of nitrogens with zero attached hydrogens (tertiary/aromatic N) is 2. The fourth-order valence-electron chi connectivity index (χ4n) is 2.92. The molecule has 0 N–H and O–H groups in total. The van der Waals surface area contributed by atoms with Crippen molar-refractivity contribution < 1.29 is 9.63 Å². The van der Waals surface area contributed by atoms with Crippen LogP contribution in [0, 0.1) is 0 Å². The Kier molecular flexibility index (Phi) is 4.84. The number of rotatable bonds is 4. The maximum atomic E-state index is 13.0. The van der Waals surface area contributed by atoms with Crippen LogP contribution in [0.2, 0.25) is 10.0 Å². The van der Waals surface area contributed by atoms with E-state index in [4.69, 9.17) is 28.0 Å². The Bertz CT molecular complexity index is 1040. The summed E-state index contributed by atoms with van der Waals surface area (Å²) in [4.78, 5) is 20.1. The van der Waals surface area contributed by atoms with Crippen molar-refractivity contribution in [3.05, 3.63) is 94.0 Å². The van der Waals surface area contributed by atoms with Crippen LogP contribution in [0.5, 0.6) is 0 Å². The van der Waals surface area contributed by atoms with Gasteiger partial charge in [0.2, 0.25) is 0 Å². The van der Waals surface area contributed by atoms with E-state index in [1.54, 1.807) is 23.1 Å². The van der Waals surface area contributed by atoms with Gasteiger partial charge in [-0.1, -0.05) is 70.8 Å². The van der Waals surface area contributed by atoms with Gasteiger partial charge in [0.15, 0.2) is 5.71 Å². The molecule has 1 heterocycles. The molecule has 134 valence electrons. The van der Waals surface area contributed by atoms with Crippen molar-refractivity contribution in [2.75, 3.05) is 4.90 Å². The van der Waals surface area contributed by atoms with E-state index in [2.05, 4.69) is 5.16 Å². The molecule has 3 aromatic carbocycles. The van der Waals surface area contributed by atoms with Gasteiger partial charge in [-0.25, -0.2) is 0 Å². The van der Waals surface area contributed by atoms with Crippen LogP contribution in [0.15, 0.2) is 78.0 Å². The number of amides is 1. The molecule has 0 aliphatic carbocycles. The number of oxime groups is 1. The normalized spacial score (nSPS) is 14.5. The van der Waals surface area contributed by atoms with Gasteiger partial charge < -0.3 is 4.84 Å². The van der Waals surface area contributed by atoms with E-state index in [1.807, 2.05) is 54.6 Å². The monoisotopic (exact) mass is 396 g/mol. The molecule has 0 radical (unpaired) electrons. The molecule has 0 fully saturated rings. The van der Waals surface area contributed by atoms with Crippen LogP contribution in [-0.4, -0.2) is 11.6 Å². The van der Waals surface area contributed by atoms with Gasteiger partial charge in [0.1, 0.15) is 6.61 Å². The molecule has 0 atom stereocenters. The SMILES string of the molecule is O=C1/C(=N\OCc2ccc(Cl)c(Cl)c2)c2ccccc2N1c1ccccc1. The highest BCUT2D eigenvalue weighted by atomic mass is 35.5. The van der Waals surface area contributed by atoms with Crippen molar-refractivity contribution in [2.24, 2.45) is 5.16 Å². The topological polar surface area (TPSA) is 41.9 Å². The number of carbonyl (C=O) groups is 1. The molecule has 0 aromatic heterocycles. The average molecular weight is 397 g/mol. The lowest BCUT2D eigenvalue weighted by molar-refractivity contribution is -0.111. The largest absolute Gasteiger partial charge is 0.390 e. The molecule has 0 spiro atoms. The molecule has 6 heteroatoms. The summed E-state index contributed by atoms with van der Waals surface area (Å²) in [6.45, 7) is 0.182. The highest BCUT2D eigenvalue weighted by molar-refractivity contribution is 6.55. The van der Waals surface area contributed by atoms with E-state index in [1.165, 1.54) is 0 Å². The van der Waals surface area contributed by atoms with E-state index >= 15 is 0 Å². The smallest absolute Gasteiger partial charge is 0.285 e. The van der Waals surface area contributed by atoms with Crippen molar-refractivity contribution in [1.82, 2.24) is 0 Å². The Morgan fingerprint density at radius 3 is 2.41 bits per heavy atom.